The molecule has 35 heavy (non-hydrogen) atoms. The van der Waals surface area contributed by atoms with E-state index >= 15 is 0 Å². The summed E-state index contributed by atoms with van der Waals surface area (Å²) in [7, 11) is -2.37. The van der Waals surface area contributed by atoms with Crippen LogP contribution >= 0.6 is 45.1 Å². The number of halogens is 2. The van der Waals surface area contributed by atoms with Crippen molar-refractivity contribution in [3.05, 3.63) is 43.0 Å². The Hall–Kier alpha value is -0.520. The van der Waals surface area contributed by atoms with E-state index in [9.17, 15) is 19.0 Å². The molecule has 0 bridgehead atoms. The summed E-state index contributed by atoms with van der Waals surface area (Å²) < 4.78 is 29.3. The van der Waals surface area contributed by atoms with Gasteiger partial charge in [0.15, 0.2) is 0 Å². The Morgan fingerprint density at radius 1 is 1.46 bits per heavy atom. The van der Waals surface area contributed by atoms with Crippen LogP contribution < -0.4 is 16.1 Å². The number of quaternary nitrogens is 1. The lowest BCUT2D eigenvalue weighted by Crippen LogP contribution is -3.10. The third-order valence-electron chi connectivity index (χ3n) is 5.44. The molecule has 1 fully saturated rings. The molecular formula is C19H36I2N6O7P+. The molecule has 0 spiro atoms. The standard InChI is InChI=1S/C18H31N6O7P.CH4.I2/c1-5-12(2)9-23(4)6-7-29-32(27,28)30-11-15-14(21-22-19)8-16(31-15)24-10-13(3)17(25)20-18(24)26;;1-2/h10,12,14-16H,5-9,11H2,1-4H3,(H,27,28)(H,20,25,26);1H4;/p+1. The van der Waals surface area contributed by atoms with E-state index in [4.69, 9.17) is 19.3 Å². The van der Waals surface area contributed by atoms with Gasteiger partial charge in [0.05, 0.1) is 32.3 Å². The van der Waals surface area contributed by atoms with Crippen molar-refractivity contribution >= 4 is 45.1 Å². The second-order valence-corrected chi connectivity index (χ2v) is 9.59. The van der Waals surface area contributed by atoms with Crippen molar-refractivity contribution in [3.8, 4) is 0 Å². The molecular weight excluding hydrogens is 709 g/mol. The molecule has 16 heteroatoms. The number of H-pyrrole nitrogens is 1. The molecule has 6 unspecified atom stereocenters. The summed E-state index contributed by atoms with van der Waals surface area (Å²) in [6.07, 6.45) is 0.820. The first-order chi connectivity index (χ1) is 16.1. The van der Waals surface area contributed by atoms with Crippen LogP contribution in [0.25, 0.3) is 10.4 Å². The zero-order valence-corrected chi connectivity index (χ0v) is 24.7. The van der Waals surface area contributed by atoms with Crippen LogP contribution in [0.5, 0.6) is 0 Å². The Balaban J connectivity index is 0.00000375. The Morgan fingerprint density at radius 2 is 2.11 bits per heavy atom. The number of likely N-dealkylation sites (N-methyl/N-ethyl adjacent to an activating group) is 1. The molecule has 2 rings (SSSR count). The first kappa shape index (κ1) is 34.5. The van der Waals surface area contributed by atoms with Gasteiger partial charge >= 0.3 is 13.5 Å². The van der Waals surface area contributed by atoms with Gasteiger partial charge in [-0.05, 0) is 18.9 Å². The summed E-state index contributed by atoms with van der Waals surface area (Å²) in [6, 6.07) is -0.741. The number of hydrogen-bond acceptors (Lipinski definition) is 7. The third-order valence-corrected chi connectivity index (χ3v) is 6.42. The van der Waals surface area contributed by atoms with Crippen LogP contribution in [0.1, 0.15) is 45.9 Å². The van der Waals surface area contributed by atoms with Gasteiger partial charge < -0.3 is 14.5 Å². The molecule has 0 saturated carbocycles. The van der Waals surface area contributed by atoms with Crippen molar-refractivity contribution < 1.29 is 28.1 Å². The van der Waals surface area contributed by atoms with Crippen molar-refractivity contribution in [3.63, 3.8) is 0 Å². The fourth-order valence-corrected chi connectivity index (χ4v) is 4.14. The minimum Gasteiger partial charge on any atom is -0.352 e. The average Bonchev–Trinajstić information content (AvgIpc) is 3.19. The van der Waals surface area contributed by atoms with E-state index in [0.717, 1.165) is 13.0 Å². The molecule has 3 N–H and O–H groups in total. The lowest BCUT2D eigenvalue weighted by atomic mass is 10.1. The SMILES string of the molecule is C.CCC(C)C[NH+](C)CCOP(=O)(O)OCC1OC(n2cc(C)c(=O)[nH]c2=O)CC1N=[N+]=[N-].II. The molecule has 1 saturated heterocycles. The Kier molecular flexibility index (Phi) is 16.8. The van der Waals surface area contributed by atoms with Crippen LogP contribution in [0, 0.1) is 12.8 Å². The van der Waals surface area contributed by atoms with E-state index in [1.165, 1.54) is 22.6 Å². The Bertz CT molecular complexity index is 987. The number of hydrogen-bond donors (Lipinski definition) is 3. The lowest BCUT2D eigenvalue weighted by Gasteiger charge is -2.20. The maximum absolute atomic E-state index is 12.2. The van der Waals surface area contributed by atoms with E-state index < -0.39 is 37.4 Å². The van der Waals surface area contributed by atoms with Crippen LogP contribution in [-0.4, -0.2) is 59.9 Å². The summed E-state index contributed by atoms with van der Waals surface area (Å²) in [5, 5.41) is 3.64. The van der Waals surface area contributed by atoms with Crippen LogP contribution in [-0.2, 0) is 18.3 Å². The molecule has 1 aliphatic heterocycles. The number of phosphoric ester groups is 1. The van der Waals surface area contributed by atoms with Gasteiger partial charge in [-0.2, -0.15) is 0 Å². The van der Waals surface area contributed by atoms with Crippen molar-refractivity contribution in [2.45, 2.75) is 59.4 Å². The van der Waals surface area contributed by atoms with Crippen molar-refractivity contribution in [2.24, 2.45) is 11.0 Å². The van der Waals surface area contributed by atoms with Crippen molar-refractivity contribution in [1.29, 1.82) is 0 Å². The summed E-state index contributed by atoms with van der Waals surface area (Å²) in [4.78, 5) is 39.8. The normalized spacial score (nSPS) is 22.5. The lowest BCUT2D eigenvalue weighted by molar-refractivity contribution is -0.883. The van der Waals surface area contributed by atoms with Gasteiger partial charge in [0.25, 0.3) is 5.56 Å². The second kappa shape index (κ2) is 17.1. The number of azide groups is 1. The quantitative estimate of drug-likeness (QED) is 0.0971. The highest BCUT2D eigenvalue weighted by molar-refractivity contribution is 15.0. The zero-order valence-electron chi connectivity index (χ0n) is 19.5. The maximum Gasteiger partial charge on any atom is 0.472 e. The molecule has 0 aromatic carbocycles. The monoisotopic (exact) mass is 745 g/mol. The van der Waals surface area contributed by atoms with Crippen LogP contribution in [0.15, 0.2) is 20.9 Å². The van der Waals surface area contributed by atoms with Gasteiger partial charge in [0.1, 0.15) is 19.4 Å². The number of aromatic nitrogens is 2. The highest BCUT2D eigenvalue weighted by atomic mass is 128. The summed E-state index contributed by atoms with van der Waals surface area (Å²) in [6.45, 7) is 6.91. The van der Waals surface area contributed by atoms with Gasteiger partial charge in [0, 0.05) is 66.2 Å². The van der Waals surface area contributed by atoms with Crippen LogP contribution in [0.2, 0.25) is 0 Å². The number of nitrogens with one attached hydrogen (secondary N) is 2. The number of nitrogens with zero attached hydrogens (tertiary/aromatic N) is 4. The Labute approximate surface area is 228 Å². The average molecular weight is 745 g/mol. The maximum atomic E-state index is 12.2. The van der Waals surface area contributed by atoms with Crippen LogP contribution in [0.4, 0.5) is 0 Å². The van der Waals surface area contributed by atoms with Gasteiger partial charge in [-0.1, -0.05) is 26.4 Å². The largest absolute Gasteiger partial charge is 0.472 e. The van der Waals surface area contributed by atoms with Crippen molar-refractivity contribution in [1.82, 2.24) is 9.55 Å². The first-order valence-corrected chi connectivity index (χ1v) is 18.4. The number of aryl methyl sites for hydroxylation is 1. The van der Waals surface area contributed by atoms with Crippen molar-refractivity contribution in [2.75, 3.05) is 33.4 Å². The minimum atomic E-state index is -4.35. The summed E-state index contributed by atoms with van der Waals surface area (Å²) in [5.74, 6) is 0.538. The van der Waals surface area contributed by atoms with E-state index in [-0.39, 0.29) is 27.1 Å². The smallest absolute Gasteiger partial charge is 0.352 e. The molecule has 1 aromatic heterocycles. The molecule has 0 radical (unpaired) electrons. The molecule has 1 aromatic rings. The molecule has 0 aliphatic carbocycles. The highest BCUT2D eigenvalue weighted by Gasteiger charge is 2.38. The fourth-order valence-electron chi connectivity index (χ4n) is 3.41. The molecule has 202 valence electrons. The Morgan fingerprint density at radius 3 is 2.71 bits per heavy atom. The topological polar surface area (TPSA) is 173 Å². The first-order valence-electron chi connectivity index (χ1n) is 10.7. The fraction of sp³-hybridized carbons (Fsp3) is 0.789. The number of rotatable bonds is 12. The van der Waals surface area contributed by atoms with Gasteiger partial charge in [-0.25, -0.2) is 9.36 Å². The summed E-state index contributed by atoms with van der Waals surface area (Å²) in [5.41, 5.74) is 7.95. The number of phosphoric acid groups is 1. The zero-order chi connectivity index (χ0) is 25.9. The second-order valence-electron chi connectivity index (χ2n) is 8.14. The molecule has 2 heterocycles. The number of aromatic amines is 1. The van der Waals surface area contributed by atoms with Gasteiger partial charge in [0.2, 0.25) is 0 Å². The predicted molar refractivity (Wildman–Crippen MR) is 150 cm³/mol. The summed E-state index contributed by atoms with van der Waals surface area (Å²) >= 11 is 4.24. The predicted octanol–water partition coefficient (Wildman–Crippen LogP) is 2.91. The van der Waals surface area contributed by atoms with Crippen LogP contribution in [0.3, 0.4) is 0 Å². The van der Waals surface area contributed by atoms with E-state index in [1.54, 1.807) is 0 Å². The van der Waals surface area contributed by atoms with E-state index in [0.29, 0.717) is 18.0 Å². The van der Waals surface area contributed by atoms with E-state index in [2.05, 4.69) is 66.1 Å². The highest BCUT2D eigenvalue weighted by Crippen LogP contribution is 2.44. The molecule has 1 aliphatic rings. The van der Waals surface area contributed by atoms with Gasteiger partial charge in [-0.15, -0.1) is 0 Å². The molecule has 13 nitrogen and oxygen atoms in total. The number of ether oxygens (including phenoxy) is 1. The molecule has 6 atom stereocenters. The van der Waals surface area contributed by atoms with Gasteiger partial charge in [-0.3, -0.25) is 23.4 Å². The molecule has 0 amide bonds. The minimum absolute atomic E-state index is 0. The van der Waals surface area contributed by atoms with E-state index in [1.807, 2.05) is 7.05 Å². The third kappa shape index (κ3) is 11.6.